The molecule has 2 N–H and O–H groups in total. The molecule has 2 aromatic rings. The van der Waals surface area contributed by atoms with Gasteiger partial charge < -0.3 is 19.4 Å². The third-order valence-electron chi connectivity index (χ3n) is 2.21. The molecular formula is C12H12O5. The second kappa shape index (κ2) is 4.01. The highest BCUT2D eigenvalue weighted by Crippen LogP contribution is 2.35. The minimum absolute atomic E-state index is 0.0955. The largest absolute Gasteiger partial charge is 0.504 e. The molecule has 0 saturated carbocycles. The summed E-state index contributed by atoms with van der Waals surface area (Å²) in [6, 6.07) is 4.79. The van der Waals surface area contributed by atoms with Crippen LogP contribution in [0.3, 0.4) is 0 Å². The molecule has 0 atom stereocenters. The molecule has 5 heteroatoms. The van der Waals surface area contributed by atoms with Gasteiger partial charge in [-0.3, -0.25) is 0 Å². The molecule has 0 amide bonds. The molecule has 0 bridgehead atoms. The van der Waals surface area contributed by atoms with Crippen LogP contribution in [-0.4, -0.2) is 16.3 Å². The Morgan fingerprint density at radius 2 is 1.94 bits per heavy atom. The number of fused-ring (bicyclic) bond motifs is 1. The van der Waals surface area contributed by atoms with E-state index in [9.17, 15) is 15.0 Å². The molecule has 0 aliphatic heterocycles. The van der Waals surface area contributed by atoms with Gasteiger partial charge in [0.1, 0.15) is 0 Å². The minimum atomic E-state index is -0.991. The van der Waals surface area contributed by atoms with Crippen LogP contribution in [0.1, 0.15) is 13.8 Å². The van der Waals surface area contributed by atoms with Gasteiger partial charge >= 0.3 is 5.63 Å². The second-order valence-electron chi connectivity index (χ2n) is 3.89. The maximum absolute atomic E-state index is 11.3. The monoisotopic (exact) mass is 236 g/mol. The van der Waals surface area contributed by atoms with Gasteiger partial charge in [0.15, 0.2) is 17.1 Å². The molecular weight excluding hydrogens is 224 g/mol. The molecule has 1 aromatic heterocycles. The van der Waals surface area contributed by atoms with Gasteiger partial charge in [0.25, 0.3) is 0 Å². The molecule has 1 aromatic carbocycles. The summed E-state index contributed by atoms with van der Waals surface area (Å²) in [6.07, 6.45) is -0.0955. The van der Waals surface area contributed by atoms with Crippen molar-refractivity contribution in [2.45, 2.75) is 20.0 Å². The van der Waals surface area contributed by atoms with Crippen LogP contribution < -0.4 is 10.4 Å². The highest BCUT2D eigenvalue weighted by molar-refractivity contribution is 5.89. The summed E-state index contributed by atoms with van der Waals surface area (Å²) in [7, 11) is 0. The van der Waals surface area contributed by atoms with E-state index in [2.05, 4.69) is 0 Å². The highest BCUT2D eigenvalue weighted by atomic mass is 16.5. The minimum Gasteiger partial charge on any atom is -0.504 e. The average Bonchev–Trinajstić information content (AvgIpc) is 2.27. The molecule has 0 saturated heterocycles. The van der Waals surface area contributed by atoms with Crippen molar-refractivity contribution in [3.8, 4) is 17.2 Å². The zero-order valence-electron chi connectivity index (χ0n) is 9.43. The van der Waals surface area contributed by atoms with Crippen molar-refractivity contribution in [2.24, 2.45) is 0 Å². The fourth-order valence-electron chi connectivity index (χ4n) is 1.52. The predicted octanol–water partition coefficient (Wildman–Crippen LogP) is 1.99. The van der Waals surface area contributed by atoms with Crippen LogP contribution in [0.15, 0.2) is 27.4 Å². The van der Waals surface area contributed by atoms with E-state index in [1.54, 1.807) is 12.1 Å². The lowest BCUT2D eigenvalue weighted by molar-refractivity contribution is 0.241. The highest BCUT2D eigenvalue weighted by Gasteiger charge is 2.16. The van der Waals surface area contributed by atoms with Gasteiger partial charge in [-0.1, -0.05) is 6.07 Å². The first-order chi connectivity index (χ1) is 8.00. The molecule has 0 unspecified atom stereocenters. The average molecular weight is 236 g/mol. The van der Waals surface area contributed by atoms with Crippen LogP contribution in [-0.2, 0) is 0 Å². The topological polar surface area (TPSA) is 79.9 Å². The van der Waals surface area contributed by atoms with Crippen molar-refractivity contribution in [3.63, 3.8) is 0 Å². The van der Waals surface area contributed by atoms with Gasteiger partial charge in [-0.15, -0.1) is 0 Å². The quantitative estimate of drug-likeness (QED) is 0.779. The van der Waals surface area contributed by atoms with E-state index in [1.807, 2.05) is 13.8 Å². The lowest BCUT2D eigenvalue weighted by atomic mass is 10.2. The van der Waals surface area contributed by atoms with Crippen LogP contribution in [0, 0.1) is 0 Å². The van der Waals surface area contributed by atoms with Crippen molar-refractivity contribution in [3.05, 3.63) is 28.6 Å². The van der Waals surface area contributed by atoms with Crippen molar-refractivity contribution in [2.75, 3.05) is 0 Å². The first kappa shape index (κ1) is 11.3. The summed E-state index contributed by atoms with van der Waals surface area (Å²) < 4.78 is 10.4. The van der Waals surface area contributed by atoms with E-state index in [0.717, 1.165) is 0 Å². The number of ether oxygens (including phenoxy) is 1. The first-order valence-corrected chi connectivity index (χ1v) is 5.15. The Balaban J connectivity index is 2.77. The van der Waals surface area contributed by atoms with Gasteiger partial charge in [-0.05, 0) is 26.0 Å². The Labute approximate surface area is 96.9 Å². The number of hydrogen-bond donors (Lipinski definition) is 2. The van der Waals surface area contributed by atoms with E-state index in [4.69, 9.17) is 9.15 Å². The van der Waals surface area contributed by atoms with Crippen molar-refractivity contribution in [1.29, 1.82) is 0 Å². The van der Waals surface area contributed by atoms with Gasteiger partial charge in [0.05, 0.1) is 11.5 Å². The Morgan fingerprint density at radius 1 is 1.24 bits per heavy atom. The van der Waals surface area contributed by atoms with Crippen LogP contribution in [0.4, 0.5) is 0 Å². The van der Waals surface area contributed by atoms with Crippen LogP contribution in [0.2, 0.25) is 0 Å². The van der Waals surface area contributed by atoms with Crippen LogP contribution in [0.5, 0.6) is 17.2 Å². The maximum atomic E-state index is 11.3. The summed E-state index contributed by atoms with van der Waals surface area (Å²) >= 11 is 0. The fraction of sp³-hybridized carbons (Fsp3) is 0.250. The van der Waals surface area contributed by atoms with Crippen molar-refractivity contribution < 1.29 is 19.4 Å². The van der Waals surface area contributed by atoms with Crippen LogP contribution in [0.25, 0.3) is 11.0 Å². The third kappa shape index (κ3) is 1.91. The Morgan fingerprint density at radius 3 is 2.59 bits per heavy atom. The van der Waals surface area contributed by atoms with Gasteiger partial charge in [0, 0.05) is 0 Å². The van der Waals surface area contributed by atoms with Gasteiger partial charge in [0.2, 0.25) is 5.75 Å². The molecule has 0 aliphatic carbocycles. The molecule has 0 fully saturated rings. The molecule has 90 valence electrons. The van der Waals surface area contributed by atoms with Crippen molar-refractivity contribution in [1.82, 2.24) is 0 Å². The SMILES string of the molecule is CC(C)Oc1cccc2c(O)c(O)c(=O)oc12. The van der Waals surface area contributed by atoms with E-state index >= 15 is 0 Å². The number of benzene rings is 1. The molecule has 2 rings (SSSR count). The first-order valence-electron chi connectivity index (χ1n) is 5.15. The summed E-state index contributed by atoms with van der Waals surface area (Å²) in [5, 5.41) is 19.1. The zero-order chi connectivity index (χ0) is 12.6. The number of para-hydroxylation sites is 1. The van der Waals surface area contributed by atoms with E-state index in [-0.39, 0.29) is 17.1 Å². The lowest BCUT2D eigenvalue weighted by Gasteiger charge is -2.11. The van der Waals surface area contributed by atoms with E-state index < -0.39 is 17.1 Å². The van der Waals surface area contributed by atoms with Gasteiger partial charge in [-0.25, -0.2) is 4.79 Å². The third-order valence-corrected chi connectivity index (χ3v) is 2.21. The lowest BCUT2D eigenvalue weighted by Crippen LogP contribution is -2.07. The summed E-state index contributed by atoms with van der Waals surface area (Å²) in [6.45, 7) is 3.66. The molecule has 5 nitrogen and oxygen atoms in total. The number of hydrogen-bond acceptors (Lipinski definition) is 5. The zero-order valence-corrected chi connectivity index (χ0v) is 9.43. The Kier molecular flexibility index (Phi) is 2.67. The van der Waals surface area contributed by atoms with E-state index in [0.29, 0.717) is 5.75 Å². The number of aromatic hydroxyl groups is 2. The van der Waals surface area contributed by atoms with E-state index in [1.165, 1.54) is 6.07 Å². The second-order valence-corrected chi connectivity index (χ2v) is 3.89. The summed E-state index contributed by atoms with van der Waals surface area (Å²) in [4.78, 5) is 11.3. The predicted molar refractivity (Wildman–Crippen MR) is 61.6 cm³/mol. The Hall–Kier alpha value is -2.17. The van der Waals surface area contributed by atoms with Gasteiger partial charge in [-0.2, -0.15) is 0 Å². The molecule has 1 heterocycles. The summed E-state index contributed by atoms with van der Waals surface area (Å²) in [5.74, 6) is -0.936. The number of rotatable bonds is 2. The van der Waals surface area contributed by atoms with Crippen LogP contribution >= 0.6 is 0 Å². The summed E-state index contributed by atoms with van der Waals surface area (Å²) in [5.41, 5.74) is -0.865. The standard InChI is InChI=1S/C12H12O5/c1-6(2)16-8-5-3-4-7-9(13)10(14)12(15)17-11(7)8/h3-6,13-14H,1-2H3. The molecule has 17 heavy (non-hydrogen) atoms. The smallest absolute Gasteiger partial charge is 0.382 e. The fourth-order valence-corrected chi connectivity index (χ4v) is 1.52. The normalized spacial score (nSPS) is 11.0. The Bertz CT molecular complexity index is 612. The maximum Gasteiger partial charge on any atom is 0.382 e. The molecule has 0 spiro atoms. The molecule has 0 aliphatic rings. The molecule has 0 radical (unpaired) electrons. The van der Waals surface area contributed by atoms with Crippen molar-refractivity contribution >= 4 is 11.0 Å².